The van der Waals surface area contributed by atoms with Crippen LogP contribution in [-0.2, 0) is 0 Å². The molecule has 0 unspecified atom stereocenters. The van der Waals surface area contributed by atoms with Crippen molar-refractivity contribution in [3.05, 3.63) is 64.7 Å². The molecule has 0 saturated carbocycles. The van der Waals surface area contributed by atoms with E-state index in [-0.39, 0.29) is 5.82 Å². The Morgan fingerprint density at radius 3 is 2.65 bits per heavy atom. The molecule has 0 fully saturated rings. The van der Waals surface area contributed by atoms with E-state index in [0.29, 0.717) is 16.2 Å². The summed E-state index contributed by atoms with van der Waals surface area (Å²) in [6.45, 7) is 0. The zero-order chi connectivity index (χ0) is 16.2. The van der Waals surface area contributed by atoms with Gasteiger partial charge in [0.15, 0.2) is 5.82 Å². The molecule has 0 aliphatic heterocycles. The lowest BCUT2D eigenvalue weighted by Crippen LogP contribution is -1.96. The highest BCUT2D eigenvalue weighted by Gasteiger charge is 2.12. The van der Waals surface area contributed by atoms with Gasteiger partial charge in [-0.15, -0.1) is 11.8 Å². The fraction of sp³-hybridized carbons (Fsp3) is 0.0625. The van der Waals surface area contributed by atoms with E-state index in [1.54, 1.807) is 36.2 Å². The highest BCUT2D eigenvalue weighted by molar-refractivity contribution is 7.98. The van der Waals surface area contributed by atoms with Crippen LogP contribution < -0.4 is 0 Å². The van der Waals surface area contributed by atoms with Gasteiger partial charge < -0.3 is 0 Å². The predicted octanol–water partition coefficient (Wildman–Crippen LogP) is 4.35. The summed E-state index contributed by atoms with van der Waals surface area (Å²) in [5, 5.41) is 11.1. The number of aromatic amines is 1. The lowest BCUT2D eigenvalue weighted by atomic mass is 10.2. The zero-order valence-electron chi connectivity index (χ0n) is 12.2. The van der Waals surface area contributed by atoms with Crippen LogP contribution in [0.2, 0.25) is 0 Å². The number of nitrogens with zero attached hydrogens (tertiary/aromatic N) is 3. The Kier molecular flexibility index (Phi) is 4.68. The fourth-order valence-corrected chi connectivity index (χ4v) is 2.62. The van der Waals surface area contributed by atoms with Crippen molar-refractivity contribution < 1.29 is 4.39 Å². The lowest BCUT2D eigenvalue weighted by Gasteiger charge is -2.02. The number of thioether (sulfide) groups is 1. The Morgan fingerprint density at radius 2 is 1.96 bits per heavy atom. The topological polar surface area (TPSA) is 46.0 Å². The third-order valence-corrected chi connectivity index (χ3v) is 4.21. The number of hydrogen-bond acceptors (Lipinski definition) is 4. The second-order valence-electron chi connectivity index (χ2n) is 4.66. The number of rotatable bonds is 4. The second kappa shape index (κ2) is 6.89. The van der Waals surface area contributed by atoms with Crippen LogP contribution in [0.5, 0.6) is 0 Å². The Labute approximate surface area is 142 Å². The molecule has 4 nitrogen and oxygen atoms in total. The molecule has 0 saturated heterocycles. The van der Waals surface area contributed by atoms with Gasteiger partial charge in [-0.3, -0.25) is 0 Å². The van der Waals surface area contributed by atoms with Crippen molar-refractivity contribution in [2.24, 2.45) is 5.10 Å². The second-order valence-corrected chi connectivity index (χ2v) is 5.93. The largest absolute Gasteiger partial charge is 0.250 e. The summed E-state index contributed by atoms with van der Waals surface area (Å²) in [5.74, 6) is -0.0349. The predicted molar refractivity (Wildman–Crippen MR) is 94.0 cm³/mol. The molecule has 23 heavy (non-hydrogen) atoms. The van der Waals surface area contributed by atoms with Crippen molar-refractivity contribution in [3.8, 4) is 11.4 Å². The van der Waals surface area contributed by atoms with E-state index >= 15 is 0 Å². The summed E-state index contributed by atoms with van der Waals surface area (Å²) < 4.78 is 15.7. The first-order valence-corrected chi connectivity index (χ1v) is 8.43. The molecule has 0 aliphatic carbocycles. The maximum atomic E-state index is 14.0. The number of aromatic nitrogens is 3. The monoisotopic (exact) mass is 344 g/mol. The number of benzene rings is 2. The first-order chi connectivity index (χ1) is 11.2. The van der Waals surface area contributed by atoms with Crippen LogP contribution in [-0.4, -0.2) is 27.3 Å². The summed E-state index contributed by atoms with van der Waals surface area (Å²) in [7, 11) is 0. The minimum absolute atomic E-state index is 0.306. The van der Waals surface area contributed by atoms with Crippen LogP contribution in [0.4, 0.5) is 4.39 Å². The third-order valence-electron chi connectivity index (χ3n) is 3.20. The molecule has 0 radical (unpaired) electrons. The van der Waals surface area contributed by atoms with Crippen LogP contribution in [0.3, 0.4) is 0 Å². The molecule has 0 amide bonds. The van der Waals surface area contributed by atoms with Gasteiger partial charge in [0.25, 0.3) is 0 Å². The Morgan fingerprint density at radius 1 is 1.22 bits per heavy atom. The van der Waals surface area contributed by atoms with E-state index in [2.05, 4.69) is 15.3 Å². The van der Waals surface area contributed by atoms with E-state index in [1.807, 2.05) is 30.5 Å². The molecule has 1 heterocycles. The zero-order valence-corrected chi connectivity index (χ0v) is 13.9. The van der Waals surface area contributed by atoms with E-state index in [9.17, 15) is 4.39 Å². The maximum absolute atomic E-state index is 14.0. The van der Waals surface area contributed by atoms with E-state index < -0.39 is 0 Å². The molecular formula is C16H13FN4S2. The summed E-state index contributed by atoms with van der Waals surface area (Å²) in [4.78, 5) is 1.18. The molecule has 1 N–H and O–H groups in total. The van der Waals surface area contributed by atoms with Gasteiger partial charge in [0, 0.05) is 4.90 Å². The minimum Gasteiger partial charge on any atom is -0.250 e. The minimum atomic E-state index is -0.373. The van der Waals surface area contributed by atoms with Gasteiger partial charge in [0.1, 0.15) is 5.82 Å². The van der Waals surface area contributed by atoms with Crippen molar-refractivity contribution in [1.82, 2.24) is 14.9 Å². The van der Waals surface area contributed by atoms with Gasteiger partial charge in [-0.05, 0) is 48.3 Å². The van der Waals surface area contributed by atoms with Gasteiger partial charge in [-0.2, -0.15) is 14.9 Å². The molecule has 0 spiro atoms. The van der Waals surface area contributed by atoms with Crippen LogP contribution in [0.1, 0.15) is 5.56 Å². The molecule has 7 heteroatoms. The van der Waals surface area contributed by atoms with Gasteiger partial charge in [0.05, 0.1) is 11.8 Å². The highest BCUT2D eigenvalue weighted by Crippen LogP contribution is 2.20. The lowest BCUT2D eigenvalue weighted by molar-refractivity contribution is 0.628. The quantitative estimate of drug-likeness (QED) is 0.435. The van der Waals surface area contributed by atoms with Crippen molar-refractivity contribution in [3.63, 3.8) is 0 Å². The summed E-state index contributed by atoms with van der Waals surface area (Å²) >= 11 is 6.85. The molecular weight excluding hydrogens is 331 g/mol. The highest BCUT2D eigenvalue weighted by atomic mass is 32.2. The number of hydrogen-bond donors (Lipinski definition) is 1. The van der Waals surface area contributed by atoms with Crippen molar-refractivity contribution in [2.75, 3.05) is 6.26 Å². The summed E-state index contributed by atoms with van der Waals surface area (Å²) in [6.07, 6.45) is 3.69. The van der Waals surface area contributed by atoms with Crippen LogP contribution in [0, 0.1) is 10.6 Å². The number of H-pyrrole nitrogens is 1. The van der Waals surface area contributed by atoms with E-state index in [1.165, 1.54) is 15.6 Å². The van der Waals surface area contributed by atoms with Gasteiger partial charge in [-0.1, -0.05) is 24.3 Å². The number of halogens is 1. The molecule has 0 aliphatic rings. The molecule has 3 aromatic rings. The Balaban J connectivity index is 1.97. The van der Waals surface area contributed by atoms with Crippen molar-refractivity contribution in [2.45, 2.75) is 4.90 Å². The average Bonchev–Trinajstić information content (AvgIpc) is 2.94. The summed E-state index contributed by atoms with van der Waals surface area (Å²) in [5.41, 5.74) is 1.26. The molecule has 2 aromatic carbocycles. The van der Waals surface area contributed by atoms with E-state index in [4.69, 9.17) is 12.2 Å². The SMILES string of the molecule is CSc1ccc(C=Nn2c(-c3ccccc3F)n[nH]c2=S)cc1. The summed E-state index contributed by atoms with van der Waals surface area (Å²) in [6, 6.07) is 14.3. The molecule has 1 aromatic heterocycles. The van der Waals surface area contributed by atoms with Gasteiger partial charge >= 0.3 is 0 Å². The molecule has 0 bridgehead atoms. The first kappa shape index (κ1) is 15.6. The molecule has 116 valence electrons. The Bertz CT molecular complexity index is 897. The Hall–Kier alpha value is -2.25. The third kappa shape index (κ3) is 3.40. The van der Waals surface area contributed by atoms with Crippen LogP contribution in [0.15, 0.2) is 58.5 Å². The van der Waals surface area contributed by atoms with Gasteiger partial charge in [0.2, 0.25) is 4.77 Å². The maximum Gasteiger partial charge on any atom is 0.216 e. The fourth-order valence-electron chi connectivity index (χ4n) is 2.03. The first-order valence-electron chi connectivity index (χ1n) is 6.80. The average molecular weight is 344 g/mol. The number of nitrogens with one attached hydrogen (secondary N) is 1. The standard InChI is InChI=1S/C16H13FN4S2/c1-23-12-8-6-11(7-9-12)10-18-21-15(19-20-16(21)22)13-4-2-3-5-14(13)17/h2-10H,1H3,(H,20,22). The van der Waals surface area contributed by atoms with E-state index in [0.717, 1.165) is 5.56 Å². The molecule has 3 rings (SSSR count). The normalized spacial score (nSPS) is 11.2. The van der Waals surface area contributed by atoms with Crippen LogP contribution >= 0.6 is 24.0 Å². The van der Waals surface area contributed by atoms with Gasteiger partial charge in [-0.25, -0.2) is 9.49 Å². The van der Waals surface area contributed by atoms with Crippen molar-refractivity contribution in [1.29, 1.82) is 0 Å². The molecule has 0 atom stereocenters. The smallest absolute Gasteiger partial charge is 0.216 e. The van der Waals surface area contributed by atoms with Crippen molar-refractivity contribution >= 4 is 30.2 Å². The van der Waals surface area contributed by atoms with Crippen LogP contribution in [0.25, 0.3) is 11.4 Å².